The Kier molecular flexibility index (Phi) is 13.6. The first kappa shape index (κ1) is 37.5. The smallest absolute Gasteiger partial charge is 0.224 e. The van der Waals surface area contributed by atoms with Crippen LogP contribution in [0.3, 0.4) is 0 Å². The van der Waals surface area contributed by atoms with Crippen LogP contribution in [0.25, 0.3) is 0 Å². The predicted molar refractivity (Wildman–Crippen MR) is 195 cm³/mol. The van der Waals surface area contributed by atoms with Crippen molar-refractivity contribution in [2.75, 3.05) is 31.2 Å². The summed E-state index contributed by atoms with van der Waals surface area (Å²) in [4.78, 5) is 26.7. The highest BCUT2D eigenvalue weighted by molar-refractivity contribution is 5.93. The molecule has 270 valence electrons. The normalized spacial score (nSPS) is 17.9. The molecule has 4 atom stereocenters. The average molecular weight is 697 g/mol. The van der Waals surface area contributed by atoms with E-state index in [0.29, 0.717) is 68.7 Å². The number of hydrogen-bond donors (Lipinski definition) is 6. The highest BCUT2D eigenvalue weighted by atomic mass is 16.7. The van der Waals surface area contributed by atoms with E-state index >= 15 is 0 Å². The maximum absolute atomic E-state index is 12.5. The quantitative estimate of drug-likeness (QED) is 0.0656. The number of amides is 2. The van der Waals surface area contributed by atoms with Gasteiger partial charge in [-0.2, -0.15) is 0 Å². The number of nitrogens with zero attached hydrogens (tertiary/aromatic N) is 1. The summed E-state index contributed by atoms with van der Waals surface area (Å²) in [6.07, 6.45) is 0.511. The minimum absolute atomic E-state index is 0.0382. The molecule has 4 aromatic rings. The summed E-state index contributed by atoms with van der Waals surface area (Å²) >= 11 is 0. The number of rotatable bonds is 16. The van der Waals surface area contributed by atoms with E-state index in [4.69, 9.17) is 15.2 Å². The summed E-state index contributed by atoms with van der Waals surface area (Å²) in [5.74, 6) is -0.105. The second kappa shape index (κ2) is 18.5. The summed E-state index contributed by atoms with van der Waals surface area (Å²) in [7, 11) is 1.92. The van der Waals surface area contributed by atoms with Crippen LogP contribution in [0.1, 0.15) is 78.4 Å². The van der Waals surface area contributed by atoms with Crippen molar-refractivity contribution in [3.05, 3.63) is 125 Å². The van der Waals surface area contributed by atoms with Crippen LogP contribution in [0.5, 0.6) is 5.75 Å². The predicted octanol–water partition coefficient (Wildman–Crippen LogP) is 5.49. The zero-order valence-corrected chi connectivity index (χ0v) is 28.9. The second-order valence-electron chi connectivity index (χ2n) is 13.0. The van der Waals surface area contributed by atoms with Gasteiger partial charge in [-0.25, -0.2) is 0 Å². The summed E-state index contributed by atoms with van der Waals surface area (Å²) in [5, 5.41) is 35.9. The van der Waals surface area contributed by atoms with Gasteiger partial charge < -0.3 is 46.1 Å². The number of anilines is 2. The van der Waals surface area contributed by atoms with E-state index in [1.165, 1.54) is 0 Å². The molecule has 0 aromatic heterocycles. The molecule has 4 aromatic carbocycles. The molecule has 0 aliphatic carbocycles. The van der Waals surface area contributed by atoms with Crippen LogP contribution >= 0.6 is 0 Å². The van der Waals surface area contributed by atoms with E-state index in [2.05, 4.69) is 10.6 Å². The largest absolute Gasteiger partial charge is 0.508 e. The van der Waals surface area contributed by atoms with Gasteiger partial charge in [-0.1, -0.05) is 72.8 Å². The average Bonchev–Trinajstić information content (AvgIpc) is 3.13. The van der Waals surface area contributed by atoms with Gasteiger partial charge in [0.1, 0.15) is 5.75 Å². The first-order chi connectivity index (χ1) is 24.7. The van der Waals surface area contributed by atoms with Crippen LogP contribution in [-0.2, 0) is 32.2 Å². The highest BCUT2D eigenvalue weighted by Crippen LogP contribution is 2.38. The molecule has 51 heavy (non-hydrogen) atoms. The summed E-state index contributed by atoms with van der Waals surface area (Å²) in [6.45, 7) is 1.22. The molecule has 0 saturated carbocycles. The standard InChI is InChI=1S/C40H48N4O7/c1-44(25-36(47)31-7-6-8-32(46)21-31)24-33-22-37(29-17-15-28(26-45)16-18-29)51-40(50-33)30-19-13-27(14-20-30)23-42-38(48)11-4-5-12-39(49)43-35-10-3-2-9-34(35)41/h2-3,6-10,13-21,33,36-37,40,45-47H,4-5,11-12,22-26,41H2,1H3,(H,42,48)(H,43,49)/t33-,36+,37+,40+/m0/s1. The van der Waals surface area contributed by atoms with Crippen molar-refractivity contribution >= 4 is 23.2 Å². The summed E-state index contributed by atoms with van der Waals surface area (Å²) in [6, 6.07) is 29.2. The Morgan fingerprint density at radius 2 is 1.57 bits per heavy atom. The maximum Gasteiger partial charge on any atom is 0.224 e. The molecule has 11 nitrogen and oxygen atoms in total. The van der Waals surface area contributed by atoms with Crippen LogP contribution < -0.4 is 16.4 Å². The van der Waals surface area contributed by atoms with Gasteiger partial charge in [0.25, 0.3) is 0 Å². The Labute approximate surface area is 299 Å². The zero-order valence-electron chi connectivity index (χ0n) is 28.9. The lowest BCUT2D eigenvalue weighted by Crippen LogP contribution is -2.39. The fraction of sp³-hybridized carbons (Fsp3) is 0.350. The monoisotopic (exact) mass is 696 g/mol. The number of nitrogen functional groups attached to an aromatic ring is 1. The molecule has 7 N–H and O–H groups in total. The number of hydrogen-bond acceptors (Lipinski definition) is 9. The lowest BCUT2D eigenvalue weighted by molar-refractivity contribution is -0.252. The van der Waals surface area contributed by atoms with Gasteiger partial charge in [-0.05, 0) is 66.4 Å². The van der Waals surface area contributed by atoms with Crippen molar-refractivity contribution in [1.82, 2.24) is 10.2 Å². The molecule has 0 bridgehead atoms. The van der Waals surface area contributed by atoms with E-state index in [9.17, 15) is 24.9 Å². The van der Waals surface area contributed by atoms with Gasteiger partial charge in [0.2, 0.25) is 11.8 Å². The van der Waals surface area contributed by atoms with Crippen LogP contribution in [0.2, 0.25) is 0 Å². The Morgan fingerprint density at radius 3 is 2.27 bits per heavy atom. The molecule has 5 rings (SSSR count). The number of nitrogens with two attached hydrogens (primary N) is 1. The molecule has 0 radical (unpaired) electrons. The van der Waals surface area contributed by atoms with Gasteiger partial charge in [0.05, 0.1) is 36.3 Å². The SMILES string of the molecule is CN(C[C@@H]1C[C@H](c2ccc(CO)cc2)O[C@H](c2ccc(CNC(=O)CCCCC(=O)Nc3ccccc3N)cc2)O1)C[C@@H](O)c1cccc(O)c1. The van der Waals surface area contributed by atoms with E-state index in [-0.39, 0.29) is 36.4 Å². The molecule has 1 heterocycles. The minimum atomic E-state index is -0.778. The lowest BCUT2D eigenvalue weighted by atomic mass is 9.99. The third-order valence-electron chi connectivity index (χ3n) is 8.90. The number of aliphatic hydroxyl groups excluding tert-OH is 2. The van der Waals surface area contributed by atoms with Gasteiger partial charge in [-0.3, -0.25) is 9.59 Å². The van der Waals surface area contributed by atoms with Gasteiger partial charge in [-0.15, -0.1) is 0 Å². The van der Waals surface area contributed by atoms with E-state index in [1.54, 1.807) is 42.5 Å². The van der Waals surface area contributed by atoms with Crippen LogP contribution in [0.15, 0.2) is 97.1 Å². The Hall–Kier alpha value is -4.78. The second-order valence-corrected chi connectivity index (χ2v) is 13.0. The molecular weight excluding hydrogens is 648 g/mol. The lowest BCUT2D eigenvalue weighted by Gasteiger charge is -2.38. The number of benzene rings is 4. The van der Waals surface area contributed by atoms with Crippen molar-refractivity contribution in [3.8, 4) is 5.75 Å². The van der Waals surface area contributed by atoms with Gasteiger partial charge in [0.15, 0.2) is 6.29 Å². The number of aliphatic hydroxyl groups is 2. The fourth-order valence-electron chi connectivity index (χ4n) is 6.06. The Bertz CT molecular complexity index is 1720. The number of carbonyl (C=O) groups is 2. The summed E-state index contributed by atoms with van der Waals surface area (Å²) in [5.41, 5.74) is 11.2. The number of carbonyl (C=O) groups excluding carboxylic acids is 2. The number of unbranched alkanes of at least 4 members (excludes halogenated alkanes) is 1. The number of ether oxygens (including phenoxy) is 2. The number of phenolic OH excluding ortho intramolecular Hbond substituents is 1. The van der Waals surface area contributed by atoms with Crippen molar-refractivity contribution in [2.45, 2.75) is 69.9 Å². The highest BCUT2D eigenvalue weighted by Gasteiger charge is 2.33. The third-order valence-corrected chi connectivity index (χ3v) is 8.90. The van der Waals surface area contributed by atoms with Crippen LogP contribution in [0.4, 0.5) is 11.4 Å². The molecule has 1 fully saturated rings. The number of nitrogens with one attached hydrogen (secondary N) is 2. The fourth-order valence-corrected chi connectivity index (χ4v) is 6.06. The number of para-hydroxylation sites is 2. The molecule has 11 heteroatoms. The van der Waals surface area contributed by atoms with Crippen molar-refractivity contribution in [2.24, 2.45) is 0 Å². The number of aromatic hydroxyl groups is 1. The minimum Gasteiger partial charge on any atom is -0.508 e. The van der Waals surface area contributed by atoms with Gasteiger partial charge in [0, 0.05) is 44.5 Å². The number of phenols is 1. The van der Waals surface area contributed by atoms with Gasteiger partial charge >= 0.3 is 0 Å². The Morgan fingerprint density at radius 1 is 0.882 bits per heavy atom. The Balaban J connectivity index is 1.13. The van der Waals surface area contributed by atoms with Crippen molar-refractivity contribution in [3.63, 3.8) is 0 Å². The maximum atomic E-state index is 12.5. The molecule has 1 saturated heterocycles. The molecule has 0 unspecified atom stereocenters. The molecule has 0 spiro atoms. The molecule has 2 amide bonds. The van der Waals surface area contributed by atoms with E-state index < -0.39 is 12.4 Å². The topological polar surface area (TPSA) is 167 Å². The first-order valence-corrected chi connectivity index (χ1v) is 17.3. The van der Waals surface area contributed by atoms with Crippen LogP contribution in [-0.4, -0.2) is 58.3 Å². The van der Waals surface area contributed by atoms with Crippen molar-refractivity contribution < 1.29 is 34.4 Å². The summed E-state index contributed by atoms with van der Waals surface area (Å²) < 4.78 is 12.9. The zero-order chi connectivity index (χ0) is 36.2. The third kappa shape index (κ3) is 11.4. The first-order valence-electron chi connectivity index (χ1n) is 17.3. The molecular formula is C40H48N4O7. The molecule has 1 aliphatic heterocycles. The van der Waals surface area contributed by atoms with E-state index in [0.717, 1.165) is 22.3 Å². The number of likely N-dealkylation sites (N-methyl/N-ethyl adjacent to an activating group) is 1. The van der Waals surface area contributed by atoms with Crippen molar-refractivity contribution in [1.29, 1.82) is 0 Å². The van der Waals surface area contributed by atoms with E-state index in [1.807, 2.05) is 66.5 Å². The van der Waals surface area contributed by atoms with Crippen LogP contribution in [0, 0.1) is 0 Å². The molecule has 1 aliphatic rings.